The molecular weight excluding hydrogens is 368 g/mol. The highest BCUT2D eigenvalue weighted by Crippen LogP contribution is 2.60. The fourth-order valence-electron chi connectivity index (χ4n) is 5.63. The fraction of sp³-hybridized carbons (Fsp3) is 0.792. The molecule has 164 valence electrons. The van der Waals surface area contributed by atoms with E-state index in [1.807, 2.05) is 6.92 Å². The smallest absolute Gasteiger partial charge is 0.302 e. The van der Waals surface area contributed by atoms with Gasteiger partial charge in [0.05, 0.1) is 6.61 Å². The quantitative estimate of drug-likeness (QED) is 0.555. The van der Waals surface area contributed by atoms with Crippen molar-refractivity contribution in [1.82, 2.24) is 0 Å². The highest BCUT2D eigenvalue weighted by molar-refractivity contribution is 5.97. The summed E-state index contributed by atoms with van der Waals surface area (Å²) in [6.45, 7) is 14.1. The first-order valence-electron chi connectivity index (χ1n) is 10.9. The van der Waals surface area contributed by atoms with Crippen LogP contribution >= 0.6 is 0 Å². The number of ether oxygens (including phenoxy) is 2. The highest BCUT2D eigenvalue weighted by Gasteiger charge is 2.56. The van der Waals surface area contributed by atoms with Crippen molar-refractivity contribution < 1.29 is 23.9 Å². The lowest BCUT2D eigenvalue weighted by Crippen LogP contribution is -2.54. The van der Waals surface area contributed by atoms with Crippen molar-refractivity contribution in [3.8, 4) is 0 Å². The first kappa shape index (κ1) is 23.6. The van der Waals surface area contributed by atoms with Gasteiger partial charge < -0.3 is 9.47 Å². The Hall–Kier alpha value is -1.65. The molecule has 0 saturated heterocycles. The molecule has 0 heterocycles. The van der Waals surface area contributed by atoms with E-state index in [0.717, 1.165) is 37.7 Å². The van der Waals surface area contributed by atoms with Crippen molar-refractivity contribution in [3.63, 3.8) is 0 Å². The van der Waals surface area contributed by atoms with E-state index in [1.165, 1.54) is 19.4 Å². The zero-order chi connectivity index (χ0) is 22.0. The number of ketones is 1. The number of hydrogen-bond donors (Lipinski definition) is 0. The summed E-state index contributed by atoms with van der Waals surface area (Å²) in [5.41, 5.74) is 1.92. The number of rotatable bonds is 7. The molecule has 0 aromatic heterocycles. The molecular formula is C24H38O5. The van der Waals surface area contributed by atoms with Gasteiger partial charge in [0.15, 0.2) is 5.78 Å². The Balaban J connectivity index is 2.18. The third kappa shape index (κ3) is 5.10. The average molecular weight is 407 g/mol. The predicted octanol–water partition coefficient (Wildman–Crippen LogP) is 5.02. The molecule has 1 fully saturated rings. The minimum atomic E-state index is -0.249. The third-order valence-electron chi connectivity index (χ3n) is 7.48. The maximum absolute atomic E-state index is 12.9. The summed E-state index contributed by atoms with van der Waals surface area (Å²) in [6.07, 6.45) is 4.83. The van der Waals surface area contributed by atoms with Crippen molar-refractivity contribution in [1.29, 1.82) is 0 Å². The molecule has 0 radical (unpaired) electrons. The Morgan fingerprint density at radius 3 is 2.38 bits per heavy atom. The Morgan fingerprint density at radius 2 is 1.79 bits per heavy atom. The van der Waals surface area contributed by atoms with Gasteiger partial charge in [-0.2, -0.15) is 0 Å². The second kappa shape index (κ2) is 9.01. The molecule has 0 N–H and O–H groups in total. The van der Waals surface area contributed by atoms with Crippen LogP contribution in [0.25, 0.3) is 0 Å². The van der Waals surface area contributed by atoms with Gasteiger partial charge >= 0.3 is 11.9 Å². The molecule has 2 aliphatic carbocycles. The standard InChI is InChI=1S/C24H38O5/c1-15(11-13-28-17(3)25)8-9-19-16(2)20(27)14-21-23(5,6)22(29-18(4)26)10-12-24(19,21)7/h15,21-22H,8-14H2,1-7H3/t15-,21-,22-,24+/m0/s1. The molecule has 0 bridgehead atoms. The summed E-state index contributed by atoms with van der Waals surface area (Å²) in [4.78, 5) is 35.4. The molecule has 2 aliphatic rings. The molecule has 0 unspecified atom stereocenters. The van der Waals surface area contributed by atoms with Gasteiger partial charge in [-0.1, -0.05) is 33.3 Å². The van der Waals surface area contributed by atoms with Crippen LogP contribution in [-0.2, 0) is 23.9 Å². The summed E-state index contributed by atoms with van der Waals surface area (Å²) < 4.78 is 10.7. The lowest BCUT2D eigenvalue weighted by atomic mass is 9.48. The highest BCUT2D eigenvalue weighted by atomic mass is 16.5. The van der Waals surface area contributed by atoms with Crippen molar-refractivity contribution in [2.75, 3.05) is 6.61 Å². The van der Waals surface area contributed by atoms with Crippen LogP contribution in [0.4, 0.5) is 0 Å². The second-order valence-electron chi connectivity index (χ2n) is 9.93. The SMILES string of the molecule is CC(=O)OCC[C@@H](C)CCC1=C(C)C(=O)C[C@H]2C(C)(C)[C@@H](OC(C)=O)CC[C@]12C. The van der Waals surface area contributed by atoms with Crippen LogP contribution in [0, 0.1) is 22.7 Å². The minimum absolute atomic E-state index is 0.0479. The van der Waals surface area contributed by atoms with Crippen LogP contribution in [0.15, 0.2) is 11.1 Å². The fourth-order valence-corrected chi connectivity index (χ4v) is 5.63. The van der Waals surface area contributed by atoms with E-state index in [2.05, 4.69) is 27.7 Å². The molecule has 0 aromatic carbocycles. The van der Waals surface area contributed by atoms with Crippen molar-refractivity contribution in [3.05, 3.63) is 11.1 Å². The lowest BCUT2D eigenvalue weighted by Gasteiger charge is -2.57. The molecule has 1 saturated carbocycles. The summed E-state index contributed by atoms with van der Waals surface area (Å²) >= 11 is 0. The minimum Gasteiger partial charge on any atom is -0.466 e. The second-order valence-corrected chi connectivity index (χ2v) is 9.93. The normalized spacial score (nSPS) is 29.8. The van der Waals surface area contributed by atoms with E-state index in [9.17, 15) is 14.4 Å². The van der Waals surface area contributed by atoms with Crippen LogP contribution in [-0.4, -0.2) is 30.4 Å². The third-order valence-corrected chi connectivity index (χ3v) is 7.48. The zero-order valence-electron chi connectivity index (χ0n) is 19.2. The van der Waals surface area contributed by atoms with E-state index < -0.39 is 0 Å². The van der Waals surface area contributed by atoms with Crippen LogP contribution in [0.5, 0.6) is 0 Å². The van der Waals surface area contributed by atoms with Crippen LogP contribution < -0.4 is 0 Å². The van der Waals surface area contributed by atoms with Gasteiger partial charge in [0.1, 0.15) is 6.10 Å². The van der Waals surface area contributed by atoms with Gasteiger partial charge in [-0.3, -0.25) is 14.4 Å². The number of fused-ring (bicyclic) bond motifs is 1. The Kier molecular flexibility index (Phi) is 7.34. The van der Waals surface area contributed by atoms with E-state index in [0.29, 0.717) is 18.9 Å². The molecule has 5 nitrogen and oxygen atoms in total. The Morgan fingerprint density at radius 1 is 1.14 bits per heavy atom. The molecule has 0 spiro atoms. The molecule has 0 aliphatic heterocycles. The average Bonchev–Trinajstić information content (AvgIpc) is 2.59. The van der Waals surface area contributed by atoms with Gasteiger partial charge in [-0.05, 0) is 61.9 Å². The first-order valence-corrected chi connectivity index (χ1v) is 10.9. The van der Waals surface area contributed by atoms with E-state index in [-0.39, 0.29) is 40.6 Å². The summed E-state index contributed by atoms with van der Waals surface area (Å²) in [6, 6.07) is 0. The molecule has 0 amide bonds. The largest absolute Gasteiger partial charge is 0.466 e. The monoisotopic (exact) mass is 406 g/mol. The summed E-state index contributed by atoms with van der Waals surface area (Å²) in [5.74, 6) is 0.319. The molecule has 29 heavy (non-hydrogen) atoms. The number of Topliss-reactive ketones (excluding diaryl/α,β-unsaturated/α-hetero) is 1. The van der Waals surface area contributed by atoms with Crippen molar-refractivity contribution in [2.45, 2.75) is 93.1 Å². The topological polar surface area (TPSA) is 69.7 Å². The maximum Gasteiger partial charge on any atom is 0.302 e. The van der Waals surface area contributed by atoms with Gasteiger partial charge in [0, 0.05) is 25.7 Å². The number of carbonyl (C=O) groups excluding carboxylic acids is 3. The van der Waals surface area contributed by atoms with Gasteiger partial charge in [-0.15, -0.1) is 0 Å². The van der Waals surface area contributed by atoms with Crippen molar-refractivity contribution in [2.24, 2.45) is 22.7 Å². The summed E-state index contributed by atoms with van der Waals surface area (Å²) in [5, 5.41) is 0. The lowest BCUT2D eigenvalue weighted by molar-refractivity contribution is -0.167. The van der Waals surface area contributed by atoms with Crippen LogP contribution in [0.2, 0.25) is 0 Å². The van der Waals surface area contributed by atoms with E-state index >= 15 is 0 Å². The number of hydrogen-bond acceptors (Lipinski definition) is 5. The zero-order valence-corrected chi connectivity index (χ0v) is 19.2. The van der Waals surface area contributed by atoms with E-state index in [4.69, 9.17) is 9.47 Å². The van der Waals surface area contributed by atoms with Crippen LogP contribution in [0.3, 0.4) is 0 Å². The van der Waals surface area contributed by atoms with Gasteiger partial charge in [-0.25, -0.2) is 0 Å². The number of carbonyl (C=O) groups is 3. The Labute approximate surface area is 175 Å². The molecule has 4 atom stereocenters. The van der Waals surface area contributed by atoms with Crippen LogP contribution in [0.1, 0.15) is 87.0 Å². The number of esters is 2. The first-order chi connectivity index (χ1) is 13.4. The predicted molar refractivity (Wildman–Crippen MR) is 112 cm³/mol. The Bertz CT molecular complexity index is 689. The van der Waals surface area contributed by atoms with E-state index in [1.54, 1.807) is 0 Å². The molecule has 5 heteroatoms. The number of allylic oxidation sites excluding steroid dienone is 2. The molecule has 0 aromatic rings. The van der Waals surface area contributed by atoms with Crippen molar-refractivity contribution >= 4 is 17.7 Å². The van der Waals surface area contributed by atoms with Gasteiger partial charge in [0.25, 0.3) is 0 Å². The maximum atomic E-state index is 12.9. The summed E-state index contributed by atoms with van der Waals surface area (Å²) in [7, 11) is 0. The van der Waals surface area contributed by atoms with Gasteiger partial charge in [0.2, 0.25) is 0 Å². The molecule has 2 rings (SSSR count).